The van der Waals surface area contributed by atoms with E-state index in [0.717, 1.165) is 32.5 Å². The predicted octanol–water partition coefficient (Wildman–Crippen LogP) is 4.01. The van der Waals surface area contributed by atoms with Gasteiger partial charge in [0.2, 0.25) is 11.8 Å². The van der Waals surface area contributed by atoms with Crippen LogP contribution >= 0.6 is 0 Å². The number of aryl methyl sites for hydroxylation is 2. The van der Waals surface area contributed by atoms with E-state index in [1.54, 1.807) is 36.5 Å². The SMILES string of the molecule is Cc1cc(C)cc(N2C(=O)[C@@H]3[C@H](c4ccccc4O)N[C@@](Cc4c[nH]c5ccccc45)(C(=O)O)[C@H]3C2=O)c1. The van der Waals surface area contributed by atoms with Gasteiger partial charge in [-0.3, -0.25) is 19.7 Å². The van der Waals surface area contributed by atoms with Crippen LogP contribution in [0.1, 0.15) is 28.3 Å². The lowest BCUT2D eigenvalue weighted by Gasteiger charge is -2.31. The van der Waals surface area contributed by atoms with Gasteiger partial charge in [0, 0.05) is 35.1 Å². The summed E-state index contributed by atoms with van der Waals surface area (Å²) in [4.78, 5) is 45.6. The average molecular weight is 510 g/mol. The van der Waals surface area contributed by atoms with Crippen LogP contribution in [0.2, 0.25) is 0 Å². The number of para-hydroxylation sites is 2. The third-order valence-corrected chi connectivity index (χ3v) is 7.92. The number of fused-ring (bicyclic) bond motifs is 2. The Balaban J connectivity index is 1.53. The number of aromatic amines is 1. The van der Waals surface area contributed by atoms with Gasteiger partial charge in [0.05, 0.1) is 17.5 Å². The molecule has 3 heterocycles. The molecule has 38 heavy (non-hydrogen) atoms. The first kappa shape index (κ1) is 23.9. The van der Waals surface area contributed by atoms with Crippen LogP contribution in [-0.4, -0.2) is 38.5 Å². The lowest BCUT2D eigenvalue weighted by molar-refractivity contribution is -0.148. The number of carboxylic acid groups (broad SMARTS) is 1. The largest absolute Gasteiger partial charge is 0.508 e. The predicted molar refractivity (Wildman–Crippen MR) is 142 cm³/mol. The summed E-state index contributed by atoms with van der Waals surface area (Å²) in [6.07, 6.45) is 1.72. The number of imide groups is 1. The molecule has 2 aliphatic rings. The third kappa shape index (κ3) is 3.44. The van der Waals surface area contributed by atoms with Gasteiger partial charge >= 0.3 is 5.97 Å². The lowest BCUT2D eigenvalue weighted by atomic mass is 9.76. The highest BCUT2D eigenvalue weighted by Crippen LogP contribution is 2.52. The number of carboxylic acids is 1. The van der Waals surface area contributed by atoms with Crippen LogP contribution in [0.4, 0.5) is 5.69 Å². The molecule has 0 aliphatic carbocycles. The third-order valence-electron chi connectivity index (χ3n) is 7.92. The summed E-state index contributed by atoms with van der Waals surface area (Å²) in [5.41, 5.74) is 2.36. The van der Waals surface area contributed by atoms with Crippen LogP contribution in [-0.2, 0) is 20.8 Å². The van der Waals surface area contributed by atoms with E-state index in [9.17, 15) is 24.6 Å². The molecule has 0 spiro atoms. The lowest BCUT2D eigenvalue weighted by Crippen LogP contribution is -2.57. The van der Waals surface area contributed by atoms with Crippen molar-refractivity contribution in [2.24, 2.45) is 11.8 Å². The molecule has 1 aromatic heterocycles. The van der Waals surface area contributed by atoms with E-state index in [1.807, 2.05) is 44.2 Å². The van der Waals surface area contributed by atoms with Crippen LogP contribution in [0.25, 0.3) is 10.9 Å². The zero-order chi connectivity index (χ0) is 26.8. The fourth-order valence-corrected chi connectivity index (χ4v) is 6.37. The number of nitrogens with zero attached hydrogens (tertiary/aromatic N) is 1. The zero-order valence-corrected chi connectivity index (χ0v) is 20.9. The van der Waals surface area contributed by atoms with Gasteiger partial charge in [-0.2, -0.15) is 0 Å². The number of amides is 2. The second-order valence-corrected chi connectivity index (χ2v) is 10.4. The van der Waals surface area contributed by atoms with Crippen molar-refractivity contribution in [3.8, 4) is 5.75 Å². The first-order chi connectivity index (χ1) is 18.2. The van der Waals surface area contributed by atoms with Gasteiger partial charge in [0.25, 0.3) is 0 Å². The summed E-state index contributed by atoms with van der Waals surface area (Å²) in [7, 11) is 0. The van der Waals surface area contributed by atoms with E-state index < -0.39 is 41.2 Å². The Hall–Kier alpha value is -4.43. The first-order valence-corrected chi connectivity index (χ1v) is 12.5. The van der Waals surface area contributed by atoms with Crippen molar-refractivity contribution < 1.29 is 24.6 Å². The Bertz CT molecular complexity index is 1600. The van der Waals surface area contributed by atoms with Crippen molar-refractivity contribution in [1.82, 2.24) is 10.3 Å². The number of aromatic hydroxyl groups is 1. The molecule has 0 unspecified atom stereocenters. The summed E-state index contributed by atoms with van der Waals surface area (Å²) < 4.78 is 0. The van der Waals surface area contributed by atoms with E-state index >= 15 is 0 Å². The normalized spacial score (nSPS) is 24.8. The van der Waals surface area contributed by atoms with E-state index in [4.69, 9.17) is 0 Å². The van der Waals surface area contributed by atoms with Crippen molar-refractivity contribution >= 4 is 34.4 Å². The molecule has 4 atom stereocenters. The maximum Gasteiger partial charge on any atom is 0.325 e. The van der Waals surface area contributed by atoms with Crippen molar-refractivity contribution in [3.63, 3.8) is 0 Å². The van der Waals surface area contributed by atoms with Crippen molar-refractivity contribution in [3.05, 3.63) is 95.2 Å². The van der Waals surface area contributed by atoms with Crippen LogP contribution in [0.3, 0.4) is 0 Å². The number of H-pyrrole nitrogens is 1. The van der Waals surface area contributed by atoms with E-state index in [1.165, 1.54) is 6.07 Å². The molecule has 0 bridgehead atoms. The summed E-state index contributed by atoms with van der Waals surface area (Å²) in [6, 6.07) is 18.7. The second-order valence-electron chi connectivity index (χ2n) is 10.4. The quantitative estimate of drug-likeness (QED) is 0.302. The molecule has 8 heteroatoms. The summed E-state index contributed by atoms with van der Waals surface area (Å²) in [6.45, 7) is 3.76. The fraction of sp³-hybridized carbons (Fsp3) is 0.233. The number of rotatable bonds is 5. The Morgan fingerprint density at radius 1 is 0.974 bits per heavy atom. The second kappa shape index (κ2) is 8.56. The number of carbonyl (C=O) groups excluding carboxylic acids is 2. The highest BCUT2D eigenvalue weighted by molar-refractivity contribution is 6.24. The molecule has 3 aromatic carbocycles. The highest BCUT2D eigenvalue weighted by atomic mass is 16.4. The molecule has 2 aliphatic heterocycles. The minimum Gasteiger partial charge on any atom is -0.508 e. The maximum atomic E-state index is 14.1. The number of aliphatic carboxylic acids is 1. The van der Waals surface area contributed by atoms with E-state index in [2.05, 4.69) is 10.3 Å². The Morgan fingerprint density at radius 3 is 2.37 bits per heavy atom. The van der Waals surface area contributed by atoms with E-state index in [0.29, 0.717) is 11.3 Å². The van der Waals surface area contributed by atoms with Gasteiger partial charge < -0.3 is 15.2 Å². The standard InChI is InChI=1S/C30H27N3O5/c1-16-11-17(2)13-19(12-16)33-27(35)24-25(28(33)36)30(29(37)38,32-26(24)21-8-4-6-10-23(21)34)14-18-15-31-22-9-5-3-7-20(18)22/h3-13,15,24-26,31-32,34H,14H2,1-2H3,(H,37,38)/t24-,25+,26-,30+/m0/s1. The van der Waals surface area contributed by atoms with Gasteiger partial charge in [-0.15, -0.1) is 0 Å². The molecule has 4 N–H and O–H groups in total. The number of phenols is 1. The molecule has 4 aromatic rings. The molecule has 192 valence electrons. The number of nitrogens with one attached hydrogen (secondary N) is 2. The number of hydrogen-bond donors (Lipinski definition) is 4. The minimum atomic E-state index is -1.79. The summed E-state index contributed by atoms with van der Waals surface area (Å²) in [5, 5.41) is 25.5. The summed E-state index contributed by atoms with van der Waals surface area (Å²) >= 11 is 0. The van der Waals surface area contributed by atoms with Gasteiger partial charge in [0.1, 0.15) is 11.3 Å². The van der Waals surface area contributed by atoms with Gasteiger partial charge in [-0.05, 0) is 54.8 Å². The number of hydrogen-bond acceptors (Lipinski definition) is 5. The van der Waals surface area contributed by atoms with Crippen LogP contribution in [0.15, 0.2) is 72.9 Å². The monoisotopic (exact) mass is 509 g/mol. The number of anilines is 1. The van der Waals surface area contributed by atoms with Crippen molar-refractivity contribution in [2.75, 3.05) is 4.90 Å². The number of carbonyl (C=O) groups is 3. The van der Waals surface area contributed by atoms with E-state index in [-0.39, 0.29) is 12.2 Å². The minimum absolute atomic E-state index is 0.0304. The maximum absolute atomic E-state index is 14.1. The topological polar surface area (TPSA) is 123 Å². The number of aromatic nitrogens is 1. The number of phenolic OH excluding ortho intramolecular Hbond substituents is 1. The number of benzene rings is 3. The highest BCUT2D eigenvalue weighted by Gasteiger charge is 2.69. The molecule has 0 radical (unpaired) electrons. The van der Waals surface area contributed by atoms with Crippen LogP contribution < -0.4 is 10.2 Å². The Morgan fingerprint density at radius 2 is 1.66 bits per heavy atom. The van der Waals surface area contributed by atoms with Crippen molar-refractivity contribution in [1.29, 1.82) is 0 Å². The van der Waals surface area contributed by atoms with Gasteiger partial charge in [-0.25, -0.2) is 4.90 Å². The zero-order valence-electron chi connectivity index (χ0n) is 20.9. The fourth-order valence-electron chi connectivity index (χ4n) is 6.37. The summed E-state index contributed by atoms with van der Waals surface area (Å²) in [5.74, 6) is -4.53. The van der Waals surface area contributed by atoms with Gasteiger partial charge in [-0.1, -0.05) is 42.5 Å². The molecule has 8 nitrogen and oxygen atoms in total. The first-order valence-electron chi connectivity index (χ1n) is 12.5. The smallest absolute Gasteiger partial charge is 0.325 e. The molecule has 2 amide bonds. The molecule has 2 fully saturated rings. The van der Waals surface area contributed by atoms with Gasteiger partial charge in [0.15, 0.2) is 0 Å². The molecule has 6 rings (SSSR count). The average Bonchev–Trinajstić information content (AvgIpc) is 3.51. The molecular weight excluding hydrogens is 482 g/mol. The van der Waals surface area contributed by atoms with Crippen LogP contribution in [0, 0.1) is 25.7 Å². The van der Waals surface area contributed by atoms with Crippen molar-refractivity contribution in [2.45, 2.75) is 31.8 Å². The molecule has 2 saturated heterocycles. The Kier molecular flexibility index (Phi) is 5.39. The Labute approximate surface area is 218 Å². The molecule has 0 saturated carbocycles. The van der Waals surface area contributed by atoms with Crippen LogP contribution in [0.5, 0.6) is 5.75 Å². The molecular formula is C30H27N3O5.